The second-order valence-corrected chi connectivity index (χ2v) is 6.59. The van der Waals surface area contributed by atoms with Gasteiger partial charge in [-0.25, -0.2) is 8.42 Å². The van der Waals surface area contributed by atoms with E-state index in [0.717, 1.165) is 13.1 Å². The van der Waals surface area contributed by atoms with Crippen LogP contribution in [0.15, 0.2) is 16.8 Å². The van der Waals surface area contributed by atoms with Crippen LogP contribution >= 0.6 is 11.3 Å². The lowest BCUT2D eigenvalue weighted by Crippen LogP contribution is -2.20. The van der Waals surface area contributed by atoms with E-state index in [1.807, 2.05) is 5.38 Å². The molecule has 4 nitrogen and oxygen atoms in total. The SMILES string of the molecule is CS(=O)(=O)CCOCCNCc1ccsc1. The standard InChI is InChI=1S/C10H17NO3S2/c1-16(12,13)7-5-14-4-3-11-8-10-2-6-15-9-10/h2,6,9,11H,3-5,7-8H2,1H3. The number of sulfone groups is 1. The van der Waals surface area contributed by atoms with Crippen LogP contribution in [-0.2, 0) is 21.1 Å². The first kappa shape index (κ1) is 13.6. The molecular formula is C10H17NO3S2. The van der Waals surface area contributed by atoms with Gasteiger partial charge in [-0.2, -0.15) is 11.3 Å². The second-order valence-electron chi connectivity index (χ2n) is 3.55. The third-order valence-corrected chi connectivity index (χ3v) is 3.57. The van der Waals surface area contributed by atoms with E-state index in [1.165, 1.54) is 11.8 Å². The van der Waals surface area contributed by atoms with Crippen molar-refractivity contribution in [2.75, 3.05) is 31.8 Å². The summed E-state index contributed by atoms with van der Waals surface area (Å²) >= 11 is 1.68. The minimum atomic E-state index is -2.90. The van der Waals surface area contributed by atoms with Crippen LogP contribution in [-0.4, -0.2) is 40.2 Å². The fourth-order valence-electron chi connectivity index (χ4n) is 1.08. The molecule has 0 radical (unpaired) electrons. The predicted molar refractivity (Wildman–Crippen MR) is 66.6 cm³/mol. The molecule has 1 aromatic heterocycles. The van der Waals surface area contributed by atoms with E-state index in [4.69, 9.17) is 4.74 Å². The summed E-state index contributed by atoms with van der Waals surface area (Å²) in [4.78, 5) is 0. The monoisotopic (exact) mass is 263 g/mol. The van der Waals surface area contributed by atoms with Crippen molar-refractivity contribution >= 4 is 21.2 Å². The molecule has 0 aliphatic rings. The highest BCUT2D eigenvalue weighted by Crippen LogP contribution is 2.04. The molecule has 16 heavy (non-hydrogen) atoms. The molecule has 0 unspecified atom stereocenters. The number of rotatable bonds is 8. The van der Waals surface area contributed by atoms with Gasteiger partial charge in [-0.15, -0.1) is 0 Å². The number of hydrogen-bond donors (Lipinski definition) is 1. The molecule has 1 N–H and O–H groups in total. The van der Waals surface area contributed by atoms with E-state index in [1.54, 1.807) is 11.3 Å². The first-order chi connectivity index (χ1) is 7.58. The zero-order valence-electron chi connectivity index (χ0n) is 9.31. The van der Waals surface area contributed by atoms with Gasteiger partial charge in [0.1, 0.15) is 9.84 Å². The Bertz CT molecular complexity index is 373. The Morgan fingerprint density at radius 2 is 2.25 bits per heavy atom. The average Bonchev–Trinajstić information content (AvgIpc) is 2.67. The van der Waals surface area contributed by atoms with E-state index in [0.29, 0.717) is 6.61 Å². The number of hydrogen-bond acceptors (Lipinski definition) is 5. The molecule has 0 saturated heterocycles. The maximum atomic E-state index is 10.8. The molecule has 1 aromatic rings. The summed E-state index contributed by atoms with van der Waals surface area (Å²) in [6, 6.07) is 2.07. The van der Waals surface area contributed by atoms with Crippen molar-refractivity contribution in [2.45, 2.75) is 6.54 Å². The van der Waals surface area contributed by atoms with Crippen LogP contribution in [0, 0.1) is 0 Å². The minimum Gasteiger partial charge on any atom is -0.379 e. The van der Waals surface area contributed by atoms with Crippen molar-refractivity contribution in [1.82, 2.24) is 5.32 Å². The molecule has 1 rings (SSSR count). The van der Waals surface area contributed by atoms with Gasteiger partial charge in [-0.1, -0.05) is 0 Å². The Morgan fingerprint density at radius 3 is 2.88 bits per heavy atom. The topological polar surface area (TPSA) is 55.4 Å². The molecule has 6 heteroatoms. The van der Waals surface area contributed by atoms with Crippen LogP contribution < -0.4 is 5.32 Å². The molecule has 0 fully saturated rings. The summed E-state index contributed by atoms with van der Waals surface area (Å²) in [5.41, 5.74) is 1.26. The summed E-state index contributed by atoms with van der Waals surface area (Å²) in [5.74, 6) is 0.0948. The molecule has 0 aliphatic carbocycles. The third-order valence-electron chi connectivity index (χ3n) is 1.93. The van der Waals surface area contributed by atoms with Crippen molar-refractivity contribution < 1.29 is 13.2 Å². The second kappa shape index (κ2) is 7.01. The van der Waals surface area contributed by atoms with Crippen molar-refractivity contribution in [3.63, 3.8) is 0 Å². The van der Waals surface area contributed by atoms with Gasteiger partial charge < -0.3 is 10.1 Å². The number of thiophene rings is 1. The lowest BCUT2D eigenvalue weighted by Gasteiger charge is -2.04. The van der Waals surface area contributed by atoms with Crippen LogP contribution in [0.25, 0.3) is 0 Å². The summed E-state index contributed by atoms with van der Waals surface area (Å²) in [7, 11) is -2.90. The number of ether oxygens (including phenoxy) is 1. The molecule has 0 aliphatic heterocycles. The summed E-state index contributed by atoms with van der Waals surface area (Å²) in [6.45, 7) is 2.39. The van der Waals surface area contributed by atoms with Gasteiger partial charge in [0.15, 0.2) is 0 Å². The largest absolute Gasteiger partial charge is 0.379 e. The van der Waals surface area contributed by atoms with Crippen LogP contribution in [0.3, 0.4) is 0 Å². The molecule has 0 bridgehead atoms. The van der Waals surface area contributed by atoms with Gasteiger partial charge in [0.25, 0.3) is 0 Å². The van der Waals surface area contributed by atoms with Crippen LogP contribution in [0.1, 0.15) is 5.56 Å². The van der Waals surface area contributed by atoms with Crippen LogP contribution in [0.2, 0.25) is 0 Å². The van der Waals surface area contributed by atoms with E-state index >= 15 is 0 Å². The van der Waals surface area contributed by atoms with Gasteiger partial charge in [0.05, 0.1) is 19.0 Å². The molecule has 0 atom stereocenters. The first-order valence-corrected chi connectivity index (χ1v) is 8.05. The van der Waals surface area contributed by atoms with Gasteiger partial charge in [-0.3, -0.25) is 0 Å². The molecule has 0 amide bonds. The smallest absolute Gasteiger partial charge is 0.149 e. The Morgan fingerprint density at radius 1 is 1.44 bits per heavy atom. The Hall–Kier alpha value is -0.430. The van der Waals surface area contributed by atoms with E-state index in [2.05, 4.69) is 16.8 Å². The molecular weight excluding hydrogens is 246 g/mol. The number of nitrogens with one attached hydrogen (secondary N) is 1. The summed E-state index contributed by atoms with van der Waals surface area (Å²) < 4.78 is 26.8. The fourth-order valence-corrected chi connectivity index (χ4v) is 2.17. The molecule has 0 spiro atoms. The van der Waals surface area contributed by atoms with E-state index in [-0.39, 0.29) is 12.4 Å². The van der Waals surface area contributed by atoms with Crippen molar-refractivity contribution in [1.29, 1.82) is 0 Å². The normalized spacial score (nSPS) is 11.8. The first-order valence-electron chi connectivity index (χ1n) is 5.05. The van der Waals surface area contributed by atoms with Crippen molar-refractivity contribution in [2.24, 2.45) is 0 Å². The van der Waals surface area contributed by atoms with Crippen molar-refractivity contribution in [3.8, 4) is 0 Å². The highest BCUT2D eigenvalue weighted by molar-refractivity contribution is 7.90. The van der Waals surface area contributed by atoms with E-state index < -0.39 is 9.84 Å². The Labute approximate surface area is 101 Å². The molecule has 1 heterocycles. The van der Waals surface area contributed by atoms with E-state index in [9.17, 15) is 8.42 Å². The van der Waals surface area contributed by atoms with Crippen LogP contribution in [0.4, 0.5) is 0 Å². The third kappa shape index (κ3) is 6.95. The molecule has 92 valence electrons. The zero-order chi connectivity index (χ0) is 11.9. The maximum absolute atomic E-state index is 10.8. The Kier molecular flexibility index (Phi) is 5.97. The van der Waals surface area contributed by atoms with Gasteiger partial charge >= 0.3 is 0 Å². The van der Waals surface area contributed by atoms with Gasteiger partial charge in [-0.05, 0) is 22.4 Å². The summed E-state index contributed by atoms with van der Waals surface area (Å²) in [5, 5.41) is 7.35. The molecule has 0 saturated carbocycles. The lowest BCUT2D eigenvalue weighted by molar-refractivity contribution is 0.150. The maximum Gasteiger partial charge on any atom is 0.149 e. The van der Waals surface area contributed by atoms with Gasteiger partial charge in [0.2, 0.25) is 0 Å². The summed E-state index contributed by atoms with van der Waals surface area (Å²) in [6.07, 6.45) is 1.21. The quantitative estimate of drug-likeness (QED) is 0.708. The van der Waals surface area contributed by atoms with Gasteiger partial charge in [0, 0.05) is 19.3 Å². The lowest BCUT2D eigenvalue weighted by atomic mass is 10.3. The fraction of sp³-hybridized carbons (Fsp3) is 0.600. The highest BCUT2D eigenvalue weighted by atomic mass is 32.2. The van der Waals surface area contributed by atoms with Crippen molar-refractivity contribution in [3.05, 3.63) is 22.4 Å². The van der Waals surface area contributed by atoms with Crippen LogP contribution in [0.5, 0.6) is 0 Å². The highest BCUT2D eigenvalue weighted by Gasteiger charge is 2.00. The minimum absolute atomic E-state index is 0.0948. The zero-order valence-corrected chi connectivity index (χ0v) is 10.9. The Balaban J connectivity index is 1.93. The average molecular weight is 263 g/mol. The molecule has 0 aromatic carbocycles. The predicted octanol–water partition coefficient (Wildman–Crippen LogP) is 0.899.